The maximum atomic E-state index is 11.8. The number of carbonyl (C=O) groups is 1. The van der Waals surface area contributed by atoms with E-state index >= 15 is 0 Å². The third-order valence-corrected chi connectivity index (χ3v) is 3.77. The van der Waals surface area contributed by atoms with Crippen molar-refractivity contribution in [2.45, 2.75) is 25.3 Å². The van der Waals surface area contributed by atoms with Crippen LogP contribution >= 0.6 is 22.6 Å². The second-order valence-corrected chi connectivity index (χ2v) is 5.67. The first-order chi connectivity index (χ1) is 8.66. The topological polar surface area (TPSA) is 61.4 Å². The van der Waals surface area contributed by atoms with E-state index in [0.717, 1.165) is 16.5 Å². The number of benzene rings is 1. The van der Waals surface area contributed by atoms with Crippen LogP contribution in [0.25, 0.3) is 0 Å². The van der Waals surface area contributed by atoms with Gasteiger partial charge in [-0.05, 0) is 66.6 Å². The second-order valence-electron chi connectivity index (χ2n) is 4.50. The standard InChI is InChI=1S/C13H17IN2O2/c14-11-5-2-9(8-12(11)17)13(18)16-7-1-6-15-10-3-4-10/h2,5,8,10,15,17H,1,3-4,6-7H2,(H,16,18). The molecule has 4 nitrogen and oxygen atoms in total. The maximum absolute atomic E-state index is 11.8. The van der Waals surface area contributed by atoms with Crippen molar-refractivity contribution in [2.75, 3.05) is 13.1 Å². The molecule has 0 saturated heterocycles. The van der Waals surface area contributed by atoms with Crippen LogP contribution in [0.5, 0.6) is 5.75 Å². The summed E-state index contributed by atoms with van der Waals surface area (Å²) in [6.07, 6.45) is 3.50. The Morgan fingerprint density at radius 2 is 2.17 bits per heavy atom. The number of phenols is 1. The molecule has 1 aliphatic rings. The molecule has 1 aromatic carbocycles. The summed E-state index contributed by atoms with van der Waals surface area (Å²) in [6, 6.07) is 5.67. The van der Waals surface area contributed by atoms with Crippen LogP contribution in [-0.2, 0) is 0 Å². The summed E-state index contributed by atoms with van der Waals surface area (Å²) in [4.78, 5) is 11.8. The predicted molar refractivity (Wildman–Crippen MR) is 78.8 cm³/mol. The van der Waals surface area contributed by atoms with Crippen LogP contribution in [0.15, 0.2) is 18.2 Å². The number of hydrogen-bond acceptors (Lipinski definition) is 3. The minimum Gasteiger partial charge on any atom is -0.507 e. The van der Waals surface area contributed by atoms with Crippen LogP contribution in [0.3, 0.4) is 0 Å². The third-order valence-electron chi connectivity index (χ3n) is 2.86. The average Bonchev–Trinajstić information content (AvgIpc) is 3.16. The zero-order chi connectivity index (χ0) is 13.0. The quantitative estimate of drug-likeness (QED) is 0.536. The fraction of sp³-hybridized carbons (Fsp3) is 0.462. The molecule has 0 heterocycles. The van der Waals surface area contributed by atoms with Gasteiger partial charge in [-0.3, -0.25) is 4.79 Å². The Morgan fingerprint density at radius 1 is 1.39 bits per heavy atom. The normalized spacial score (nSPS) is 14.5. The number of carbonyl (C=O) groups excluding carboxylic acids is 1. The molecule has 0 unspecified atom stereocenters. The molecule has 0 atom stereocenters. The van der Waals surface area contributed by atoms with Crippen molar-refractivity contribution in [2.24, 2.45) is 0 Å². The molecule has 0 aromatic heterocycles. The summed E-state index contributed by atoms with van der Waals surface area (Å²) in [5, 5.41) is 15.8. The van der Waals surface area contributed by atoms with Crippen LogP contribution in [0.1, 0.15) is 29.6 Å². The lowest BCUT2D eigenvalue weighted by molar-refractivity contribution is 0.0953. The highest BCUT2D eigenvalue weighted by molar-refractivity contribution is 14.1. The molecule has 1 aromatic rings. The number of amides is 1. The highest BCUT2D eigenvalue weighted by Gasteiger charge is 2.19. The fourth-order valence-electron chi connectivity index (χ4n) is 1.64. The van der Waals surface area contributed by atoms with E-state index in [9.17, 15) is 9.90 Å². The Morgan fingerprint density at radius 3 is 2.83 bits per heavy atom. The van der Waals surface area contributed by atoms with E-state index in [4.69, 9.17) is 0 Å². The van der Waals surface area contributed by atoms with E-state index < -0.39 is 0 Å². The molecule has 0 bridgehead atoms. The molecule has 1 saturated carbocycles. The summed E-state index contributed by atoms with van der Waals surface area (Å²) < 4.78 is 0.748. The van der Waals surface area contributed by atoms with Crippen LogP contribution in [-0.4, -0.2) is 30.1 Å². The first-order valence-corrected chi connectivity index (χ1v) is 7.25. The van der Waals surface area contributed by atoms with E-state index in [1.54, 1.807) is 12.1 Å². The Balaban J connectivity index is 1.70. The lowest BCUT2D eigenvalue weighted by Gasteiger charge is -2.06. The van der Waals surface area contributed by atoms with Gasteiger partial charge in [0.15, 0.2) is 0 Å². The van der Waals surface area contributed by atoms with E-state index in [1.165, 1.54) is 18.9 Å². The Hall–Kier alpha value is -0.820. The molecule has 1 aliphatic carbocycles. The van der Waals surface area contributed by atoms with Gasteiger partial charge in [-0.1, -0.05) is 0 Å². The molecule has 0 radical (unpaired) electrons. The van der Waals surface area contributed by atoms with E-state index in [-0.39, 0.29) is 11.7 Å². The van der Waals surface area contributed by atoms with Crippen molar-refractivity contribution in [3.8, 4) is 5.75 Å². The average molecular weight is 360 g/mol. The molecule has 1 amide bonds. The van der Waals surface area contributed by atoms with E-state index in [2.05, 4.69) is 10.6 Å². The summed E-state index contributed by atoms with van der Waals surface area (Å²) >= 11 is 2.03. The predicted octanol–water partition coefficient (Wildman–Crippen LogP) is 1.87. The van der Waals surface area contributed by atoms with Gasteiger partial charge in [-0.2, -0.15) is 0 Å². The van der Waals surface area contributed by atoms with Crippen LogP contribution in [0, 0.1) is 3.57 Å². The number of hydrogen-bond donors (Lipinski definition) is 3. The summed E-state index contributed by atoms with van der Waals surface area (Å²) in [7, 11) is 0. The van der Waals surface area contributed by atoms with Gasteiger partial charge in [0.1, 0.15) is 5.75 Å². The lowest BCUT2D eigenvalue weighted by atomic mass is 10.2. The number of phenolic OH excluding ortho intramolecular Hbond substituents is 1. The molecule has 98 valence electrons. The summed E-state index contributed by atoms with van der Waals surface area (Å²) in [5.41, 5.74) is 0.503. The number of nitrogens with one attached hydrogen (secondary N) is 2. The van der Waals surface area contributed by atoms with Gasteiger partial charge in [0.05, 0.1) is 3.57 Å². The molecule has 0 aliphatic heterocycles. The van der Waals surface area contributed by atoms with Crippen LogP contribution in [0.4, 0.5) is 0 Å². The van der Waals surface area contributed by atoms with Gasteiger partial charge in [0, 0.05) is 18.2 Å². The minimum atomic E-state index is -0.131. The molecular weight excluding hydrogens is 343 g/mol. The van der Waals surface area contributed by atoms with Gasteiger partial charge in [0.2, 0.25) is 0 Å². The van der Waals surface area contributed by atoms with Gasteiger partial charge in [0.25, 0.3) is 5.91 Å². The van der Waals surface area contributed by atoms with E-state index in [0.29, 0.717) is 18.2 Å². The zero-order valence-electron chi connectivity index (χ0n) is 10.1. The largest absolute Gasteiger partial charge is 0.507 e. The molecule has 2 rings (SSSR count). The van der Waals surface area contributed by atoms with Gasteiger partial charge in [-0.25, -0.2) is 0 Å². The first-order valence-electron chi connectivity index (χ1n) is 6.17. The smallest absolute Gasteiger partial charge is 0.251 e. The second kappa shape index (κ2) is 6.38. The number of rotatable bonds is 6. The van der Waals surface area contributed by atoms with Crippen LogP contribution < -0.4 is 10.6 Å². The molecule has 1 fully saturated rings. The summed E-state index contributed by atoms with van der Waals surface area (Å²) in [5.74, 6) is 0.0202. The molecule has 5 heteroatoms. The number of halogens is 1. The Kier molecular flexibility index (Phi) is 4.82. The molecular formula is C13H17IN2O2. The van der Waals surface area contributed by atoms with Gasteiger partial charge >= 0.3 is 0 Å². The first kappa shape index (κ1) is 13.6. The SMILES string of the molecule is O=C(NCCCNC1CC1)c1ccc(I)c(O)c1. The van der Waals surface area contributed by atoms with E-state index in [1.807, 2.05) is 22.6 Å². The van der Waals surface area contributed by atoms with Crippen molar-refractivity contribution >= 4 is 28.5 Å². The van der Waals surface area contributed by atoms with Crippen LogP contribution in [0.2, 0.25) is 0 Å². The van der Waals surface area contributed by atoms with Crippen molar-refractivity contribution in [1.29, 1.82) is 0 Å². The minimum absolute atomic E-state index is 0.131. The zero-order valence-corrected chi connectivity index (χ0v) is 12.2. The van der Waals surface area contributed by atoms with Crippen molar-refractivity contribution in [3.05, 3.63) is 27.3 Å². The molecule has 3 N–H and O–H groups in total. The van der Waals surface area contributed by atoms with Gasteiger partial charge < -0.3 is 15.7 Å². The third kappa shape index (κ3) is 4.13. The number of aromatic hydroxyl groups is 1. The Bertz CT molecular complexity index is 433. The van der Waals surface area contributed by atoms with Gasteiger partial charge in [-0.15, -0.1) is 0 Å². The summed E-state index contributed by atoms with van der Waals surface area (Å²) in [6.45, 7) is 1.61. The highest BCUT2D eigenvalue weighted by Crippen LogP contribution is 2.20. The molecule has 18 heavy (non-hydrogen) atoms. The maximum Gasteiger partial charge on any atom is 0.251 e. The monoisotopic (exact) mass is 360 g/mol. The van der Waals surface area contributed by atoms with Crippen molar-refractivity contribution in [1.82, 2.24) is 10.6 Å². The molecule has 0 spiro atoms. The van der Waals surface area contributed by atoms with Crippen molar-refractivity contribution < 1.29 is 9.90 Å². The Labute approximate surface area is 120 Å². The highest BCUT2D eigenvalue weighted by atomic mass is 127. The lowest BCUT2D eigenvalue weighted by Crippen LogP contribution is -2.27. The van der Waals surface area contributed by atoms with Crippen molar-refractivity contribution in [3.63, 3.8) is 0 Å². The fourth-order valence-corrected chi connectivity index (χ4v) is 1.98.